The van der Waals surface area contributed by atoms with Gasteiger partial charge in [-0.15, -0.1) is 0 Å². The maximum Gasteiger partial charge on any atom is 0.308 e. The molecule has 0 bridgehead atoms. The molecule has 5 heteroatoms. The largest absolute Gasteiger partial charge is 0.497 e. The number of carbonyl (C=O) groups is 1. The summed E-state index contributed by atoms with van der Waals surface area (Å²) in [6.07, 6.45) is -0.341. The number of hydrogen-bond donors (Lipinski definition) is 2. The quantitative estimate of drug-likeness (QED) is 0.776. The van der Waals surface area contributed by atoms with Gasteiger partial charge in [-0.3, -0.25) is 9.59 Å². The molecule has 0 spiro atoms. The fourth-order valence-electron chi connectivity index (χ4n) is 2.71. The lowest BCUT2D eigenvalue weighted by Crippen LogP contribution is -2.18. The van der Waals surface area contributed by atoms with Crippen molar-refractivity contribution >= 4 is 16.9 Å². The first kappa shape index (κ1) is 14.8. The van der Waals surface area contributed by atoms with E-state index in [9.17, 15) is 9.59 Å². The van der Waals surface area contributed by atoms with Crippen molar-refractivity contribution < 1.29 is 14.6 Å². The minimum atomic E-state index is -1.05. The van der Waals surface area contributed by atoms with Gasteiger partial charge in [0.1, 0.15) is 5.75 Å². The Bertz CT molecular complexity index is 943. The number of H-pyrrole nitrogens is 1. The van der Waals surface area contributed by atoms with E-state index in [0.29, 0.717) is 16.8 Å². The van der Waals surface area contributed by atoms with Crippen molar-refractivity contribution in [1.29, 1.82) is 0 Å². The highest BCUT2D eigenvalue weighted by molar-refractivity contribution is 5.97. The number of rotatable bonds is 4. The first-order valence-corrected chi connectivity index (χ1v) is 7.10. The molecule has 116 valence electrons. The maximum atomic E-state index is 12.4. The predicted molar refractivity (Wildman–Crippen MR) is 87.9 cm³/mol. The smallest absolute Gasteiger partial charge is 0.308 e. The summed E-state index contributed by atoms with van der Waals surface area (Å²) in [5.41, 5.74) is 1.91. The number of aromatic amines is 1. The molecule has 0 aliphatic carbocycles. The van der Waals surface area contributed by atoms with Crippen LogP contribution >= 0.6 is 0 Å². The third-order valence-electron chi connectivity index (χ3n) is 3.71. The SMILES string of the molecule is COc1cccc(-c2c(CC(=O)O)c(=O)[nH]c3ccccc23)c1. The Kier molecular flexibility index (Phi) is 3.85. The third-order valence-corrected chi connectivity index (χ3v) is 3.71. The number of fused-ring (bicyclic) bond motifs is 1. The molecule has 5 nitrogen and oxygen atoms in total. The van der Waals surface area contributed by atoms with E-state index in [-0.39, 0.29) is 17.5 Å². The van der Waals surface area contributed by atoms with Crippen molar-refractivity contribution in [3.8, 4) is 16.9 Å². The third kappa shape index (κ3) is 2.81. The van der Waals surface area contributed by atoms with Gasteiger partial charge in [-0.1, -0.05) is 30.3 Å². The number of aliphatic carboxylic acids is 1. The van der Waals surface area contributed by atoms with Crippen molar-refractivity contribution in [2.24, 2.45) is 0 Å². The molecule has 0 fully saturated rings. The molecule has 23 heavy (non-hydrogen) atoms. The minimum absolute atomic E-state index is 0.240. The number of para-hydroxylation sites is 1. The van der Waals surface area contributed by atoms with Crippen LogP contribution in [0.25, 0.3) is 22.0 Å². The van der Waals surface area contributed by atoms with Crippen LogP contribution in [0, 0.1) is 0 Å². The van der Waals surface area contributed by atoms with Gasteiger partial charge >= 0.3 is 5.97 Å². The molecule has 0 radical (unpaired) electrons. The number of carboxylic acid groups (broad SMARTS) is 1. The molecule has 0 aliphatic rings. The highest BCUT2D eigenvalue weighted by atomic mass is 16.5. The van der Waals surface area contributed by atoms with E-state index in [4.69, 9.17) is 9.84 Å². The van der Waals surface area contributed by atoms with E-state index in [1.54, 1.807) is 25.3 Å². The Labute approximate surface area is 132 Å². The van der Waals surface area contributed by atoms with Crippen LogP contribution in [0.5, 0.6) is 5.75 Å². The molecule has 0 amide bonds. The number of ether oxygens (including phenoxy) is 1. The van der Waals surface area contributed by atoms with Crippen molar-refractivity contribution in [2.45, 2.75) is 6.42 Å². The van der Waals surface area contributed by atoms with Gasteiger partial charge in [0.25, 0.3) is 5.56 Å². The molecule has 3 aromatic rings. The Morgan fingerprint density at radius 1 is 1.17 bits per heavy atom. The van der Waals surface area contributed by atoms with E-state index in [2.05, 4.69) is 4.98 Å². The second kappa shape index (κ2) is 5.96. The number of benzene rings is 2. The van der Waals surface area contributed by atoms with E-state index in [1.807, 2.05) is 30.3 Å². The molecule has 0 saturated heterocycles. The Morgan fingerprint density at radius 2 is 1.96 bits per heavy atom. The minimum Gasteiger partial charge on any atom is -0.497 e. The van der Waals surface area contributed by atoms with Gasteiger partial charge in [0, 0.05) is 22.0 Å². The molecule has 3 rings (SSSR count). The second-order valence-electron chi connectivity index (χ2n) is 5.16. The zero-order chi connectivity index (χ0) is 16.4. The van der Waals surface area contributed by atoms with Gasteiger partial charge in [-0.05, 0) is 23.8 Å². The van der Waals surface area contributed by atoms with Crippen LogP contribution in [0.1, 0.15) is 5.56 Å². The van der Waals surface area contributed by atoms with Crippen molar-refractivity contribution in [3.63, 3.8) is 0 Å². The van der Waals surface area contributed by atoms with E-state index in [1.165, 1.54) is 0 Å². The number of carboxylic acids is 1. The average molecular weight is 309 g/mol. The number of aromatic nitrogens is 1. The molecule has 0 saturated carbocycles. The second-order valence-corrected chi connectivity index (χ2v) is 5.16. The molecule has 2 N–H and O–H groups in total. The number of methoxy groups -OCH3 is 1. The fraction of sp³-hybridized carbons (Fsp3) is 0.111. The molecule has 0 unspecified atom stereocenters. The maximum absolute atomic E-state index is 12.4. The van der Waals surface area contributed by atoms with Crippen LogP contribution in [0.4, 0.5) is 0 Å². The fourth-order valence-corrected chi connectivity index (χ4v) is 2.71. The standard InChI is InChI=1S/C18H15NO4/c1-23-12-6-4-5-11(9-12)17-13-7-2-3-8-15(13)19-18(22)14(17)10-16(20)21/h2-9H,10H2,1H3,(H,19,22)(H,20,21). The van der Waals surface area contributed by atoms with Crippen molar-refractivity contribution in [2.75, 3.05) is 7.11 Å². The topological polar surface area (TPSA) is 79.4 Å². The Hall–Kier alpha value is -3.08. The van der Waals surface area contributed by atoms with Crippen LogP contribution in [0.2, 0.25) is 0 Å². The van der Waals surface area contributed by atoms with Gasteiger partial charge in [0.2, 0.25) is 0 Å². The highest BCUT2D eigenvalue weighted by Gasteiger charge is 2.17. The van der Waals surface area contributed by atoms with E-state index >= 15 is 0 Å². The lowest BCUT2D eigenvalue weighted by atomic mass is 9.94. The molecule has 2 aromatic carbocycles. The van der Waals surface area contributed by atoms with Crippen molar-refractivity contribution in [1.82, 2.24) is 4.98 Å². The summed E-state index contributed by atoms with van der Waals surface area (Å²) in [5.74, 6) is -0.400. The molecular weight excluding hydrogens is 294 g/mol. The first-order valence-electron chi connectivity index (χ1n) is 7.10. The van der Waals surface area contributed by atoms with Crippen LogP contribution in [0.3, 0.4) is 0 Å². The van der Waals surface area contributed by atoms with E-state index < -0.39 is 5.97 Å². The van der Waals surface area contributed by atoms with Crippen molar-refractivity contribution in [3.05, 3.63) is 64.4 Å². The normalized spacial score (nSPS) is 10.7. The van der Waals surface area contributed by atoms with Gasteiger partial charge in [-0.2, -0.15) is 0 Å². The zero-order valence-electron chi connectivity index (χ0n) is 12.5. The number of pyridine rings is 1. The van der Waals surface area contributed by atoms with Gasteiger partial charge in [0.15, 0.2) is 0 Å². The summed E-state index contributed by atoms with van der Waals surface area (Å²) in [6, 6.07) is 14.6. The summed E-state index contributed by atoms with van der Waals surface area (Å²) in [6.45, 7) is 0. The highest BCUT2D eigenvalue weighted by Crippen LogP contribution is 2.31. The molecule has 1 heterocycles. The average Bonchev–Trinajstić information content (AvgIpc) is 2.55. The Morgan fingerprint density at radius 3 is 2.70 bits per heavy atom. The summed E-state index contributed by atoms with van der Waals surface area (Å²) in [4.78, 5) is 26.3. The Balaban J connectivity index is 2.39. The monoisotopic (exact) mass is 309 g/mol. The summed E-state index contributed by atoms with van der Waals surface area (Å²) < 4.78 is 5.24. The van der Waals surface area contributed by atoms with Gasteiger partial charge < -0.3 is 14.8 Å². The summed E-state index contributed by atoms with van der Waals surface area (Å²) in [7, 11) is 1.56. The number of nitrogens with one attached hydrogen (secondary N) is 1. The molecule has 0 aliphatic heterocycles. The van der Waals surface area contributed by atoms with Crippen LogP contribution < -0.4 is 10.3 Å². The summed E-state index contributed by atoms with van der Waals surface area (Å²) in [5, 5.41) is 9.96. The zero-order valence-corrected chi connectivity index (χ0v) is 12.5. The van der Waals surface area contributed by atoms with E-state index in [0.717, 1.165) is 10.9 Å². The molecule has 1 aromatic heterocycles. The number of hydrogen-bond acceptors (Lipinski definition) is 3. The predicted octanol–water partition coefficient (Wildman–Crippen LogP) is 2.83. The lowest BCUT2D eigenvalue weighted by Gasteiger charge is -2.12. The van der Waals surface area contributed by atoms with Crippen LogP contribution in [0.15, 0.2) is 53.3 Å². The van der Waals surface area contributed by atoms with Gasteiger partial charge in [0.05, 0.1) is 13.5 Å². The molecular formula is C18H15NO4. The lowest BCUT2D eigenvalue weighted by molar-refractivity contribution is -0.136. The van der Waals surface area contributed by atoms with Crippen LogP contribution in [-0.4, -0.2) is 23.2 Å². The van der Waals surface area contributed by atoms with Crippen LogP contribution in [-0.2, 0) is 11.2 Å². The molecule has 0 atom stereocenters. The van der Waals surface area contributed by atoms with Gasteiger partial charge in [-0.25, -0.2) is 0 Å². The summed E-state index contributed by atoms with van der Waals surface area (Å²) >= 11 is 0. The first-order chi connectivity index (χ1) is 11.1.